The summed E-state index contributed by atoms with van der Waals surface area (Å²) in [5, 5.41) is 6.42. The first-order chi connectivity index (χ1) is 16.5. The lowest BCUT2D eigenvalue weighted by molar-refractivity contribution is -0.152. The minimum absolute atomic E-state index is 0.104. The minimum atomic E-state index is -0.373. The van der Waals surface area contributed by atoms with Gasteiger partial charge in [-0.3, -0.25) is 14.5 Å². The molecule has 2 heterocycles. The summed E-state index contributed by atoms with van der Waals surface area (Å²) >= 11 is 0. The molecule has 1 saturated heterocycles. The fourth-order valence-corrected chi connectivity index (χ4v) is 4.83. The van der Waals surface area contributed by atoms with Gasteiger partial charge in [-0.1, -0.05) is 30.7 Å². The van der Waals surface area contributed by atoms with Crippen LogP contribution in [0.4, 0.5) is 0 Å². The van der Waals surface area contributed by atoms with Crippen molar-refractivity contribution in [2.75, 3.05) is 26.8 Å². The summed E-state index contributed by atoms with van der Waals surface area (Å²) in [6.07, 6.45) is 3.27. The van der Waals surface area contributed by atoms with Crippen molar-refractivity contribution in [3.8, 4) is 5.75 Å². The molecule has 2 aromatic rings. The van der Waals surface area contributed by atoms with Crippen molar-refractivity contribution in [1.82, 2.24) is 9.91 Å². The highest BCUT2D eigenvalue weighted by molar-refractivity contribution is 6.03. The van der Waals surface area contributed by atoms with Gasteiger partial charge >= 0.3 is 5.97 Å². The number of rotatable bonds is 7. The van der Waals surface area contributed by atoms with E-state index in [4.69, 9.17) is 14.6 Å². The van der Waals surface area contributed by atoms with Gasteiger partial charge in [-0.2, -0.15) is 5.10 Å². The number of esters is 1. The molecule has 2 aliphatic heterocycles. The molecule has 0 N–H and O–H groups in total. The third-order valence-corrected chi connectivity index (χ3v) is 6.65. The van der Waals surface area contributed by atoms with E-state index in [0.717, 1.165) is 41.0 Å². The van der Waals surface area contributed by atoms with E-state index >= 15 is 0 Å². The first-order valence-electron chi connectivity index (χ1n) is 12.0. The molecule has 2 aliphatic rings. The van der Waals surface area contributed by atoms with Crippen molar-refractivity contribution in [3.63, 3.8) is 0 Å². The van der Waals surface area contributed by atoms with E-state index in [1.165, 1.54) is 0 Å². The van der Waals surface area contributed by atoms with Crippen LogP contribution in [0.5, 0.6) is 5.75 Å². The van der Waals surface area contributed by atoms with Gasteiger partial charge < -0.3 is 9.47 Å². The molecule has 0 radical (unpaired) electrons. The Balaban J connectivity index is 1.60. The molecule has 0 aromatic heterocycles. The predicted molar refractivity (Wildman–Crippen MR) is 131 cm³/mol. The summed E-state index contributed by atoms with van der Waals surface area (Å²) in [7, 11) is 1.64. The Morgan fingerprint density at radius 2 is 1.85 bits per heavy atom. The molecule has 1 fully saturated rings. The van der Waals surface area contributed by atoms with Gasteiger partial charge in [-0.15, -0.1) is 0 Å². The fourth-order valence-electron chi connectivity index (χ4n) is 4.83. The normalized spacial score (nSPS) is 20.7. The highest BCUT2D eigenvalue weighted by Gasteiger charge is 2.37. The number of methoxy groups -OCH3 is 1. The number of likely N-dealkylation sites (tertiary alicyclic amines) is 1. The van der Waals surface area contributed by atoms with Crippen LogP contribution < -0.4 is 4.74 Å². The summed E-state index contributed by atoms with van der Waals surface area (Å²) in [6.45, 7) is 5.06. The van der Waals surface area contributed by atoms with Gasteiger partial charge in [0, 0.05) is 6.42 Å². The van der Waals surface area contributed by atoms with E-state index in [-0.39, 0.29) is 30.5 Å². The molecular weight excluding hydrogens is 430 g/mol. The predicted octanol–water partition coefficient (Wildman–Crippen LogP) is 4.10. The second kappa shape index (κ2) is 10.8. The van der Waals surface area contributed by atoms with Crippen molar-refractivity contribution < 1.29 is 19.1 Å². The Morgan fingerprint density at radius 1 is 1.09 bits per heavy atom. The third kappa shape index (κ3) is 5.14. The molecule has 180 valence electrons. The SMILES string of the molecule is CCOC(=O)[C@@H]1CCCCN1CC(=O)N1N=C(c2ccc(OC)cc2)C[C@@H]1c1ccccc1C. The fraction of sp³-hybridized carbons (Fsp3) is 0.444. The van der Waals surface area contributed by atoms with Gasteiger partial charge in [0.25, 0.3) is 5.91 Å². The van der Waals surface area contributed by atoms with Crippen LogP contribution >= 0.6 is 0 Å². The van der Waals surface area contributed by atoms with Gasteiger partial charge in [0.15, 0.2) is 0 Å². The number of hydrazone groups is 1. The molecule has 2 atom stereocenters. The number of carbonyl (C=O) groups is 2. The zero-order valence-electron chi connectivity index (χ0n) is 20.2. The van der Waals surface area contributed by atoms with Crippen LogP contribution in [0.25, 0.3) is 0 Å². The van der Waals surface area contributed by atoms with Gasteiger partial charge in [0.2, 0.25) is 0 Å². The van der Waals surface area contributed by atoms with E-state index < -0.39 is 0 Å². The molecule has 0 spiro atoms. The molecule has 0 bridgehead atoms. The van der Waals surface area contributed by atoms with E-state index in [1.54, 1.807) is 12.1 Å². The summed E-state index contributed by atoms with van der Waals surface area (Å²) in [6, 6.07) is 15.3. The summed E-state index contributed by atoms with van der Waals surface area (Å²) in [4.78, 5) is 28.1. The van der Waals surface area contributed by atoms with Crippen molar-refractivity contribution in [2.45, 2.75) is 51.6 Å². The molecule has 0 unspecified atom stereocenters. The highest BCUT2D eigenvalue weighted by Crippen LogP contribution is 2.35. The largest absolute Gasteiger partial charge is 0.497 e. The Hall–Kier alpha value is -3.19. The molecule has 7 nitrogen and oxygen atoms in total. The zero-order chi connectivity index (χ0) is 24.1. The average Bonchev–Trinajstić information content (AvgIpc) is 3.30. The highest BCUT2D eigenvalue weighted by atomic mass is 16.5. The van der Waals surface area contributed by atoms with E-state index in [2.05, 4.69) is 19.1 Å². The van der Waals surface area contributed by atoms with Crippen LogP contribution in [0.1, 0.15) is 55.3 Å². The lowest BCUT2D eigenvalue weighted by atomic mass is 9.95. The zero-order valence-corrected chi connectivity index (χ0v) is 20.2. The maximum Gasteiger partial charge on any atom is 0.323 e. The minimum Gasteiger partial charge on any atom is -0.497 e. The van der Waals surface area contributed by atoms with Gasteiger partial charge in [-0.25, -0.2) is 5.01 Å². The number of carbonyl (C=O) groups excluding carboxylic acids is 2. The second-order valence-electron chi connectivity index (χ2n) is 8.82. The molecular formula is C27H33N3O4. The van der Waals surface area contributed by atoms with E-state index in [9.17, 15) is 9.59 Å². The lowest BCUT2D eigenvalue weighted by Crippen LogP contribution is -2.49. The van der Waals surface area contributed by atoms with Gasteiger partial charge in [0.1, 0.15) is 11.8 Å². The number of nitrogens with zero attached hydrogens (tertiary/aromatic N) is 3. The Morgan fingerprint density at radius 3 is 2.56 bits per heavy atom. The number of aryl methyl sites for hydroxylation is 1. The average molecular weight is 464 g/mol. The summed E-state index contributed by atoms with van der Waals surface area (Å²) in [5.41, 5.74) is 4.05. The molecule has 7 heteroatoms. The molecule has 34 heavy (non-hydrogen) atoms. The third-order valence-electron chi connectivity index (χ3n) is 6.65. The monoisotopic (exact) mass is 463 g/mol. The van der Waals surface area contributed by atoms with Crippen LogP contribution in [0.2, 0.25) is 0 Å². The number of hydrogen-bond acceptors (Lipinski definition) is 6. The summed E-state index contributed by atoms with van der Waals surface area (Å²) in [5.74, 6) is 0.433. The first-order valence-corrected chi connectivity index (χ1v) is 12.0. The molecule has 1 amide bonds. The van der Waals surface area contributed by atoms with Gasteiger partial charge in [0.05, 0.1) is 32.0 Å². The lowest BCUT2D eigenvalue weighted by Gasteiger charge is -2.34. The van der Waals surface area contributed by atoms with Crippen LogP contribution in [-0.4, -0.2) is 60.3 Å². The number of amides is 1. The number of hydrogen-bond donors (Lipinski definition) is 0. The van der Waals surface area contributed by atoms with Gasteiger partial charge in [-0.05, 0) is 74.2 Å². The number of piperidine rings is 1. The smallest absolute Gasteiger partial charge is 0.323 e. The second-order valence-corrected chi connectivity index (χ2v) is 8.82. The van der Waals surface area contributed by atoms with Crippen LogP contribution in [0.15, 0.2) is 53.6 Å². The van der Waals surface area contributed by atoms with Crippen molar-refractivity contribution in [3.05, 3.63) is 65.2 Å². The number of ether oxygens (including phenoxy) is 2. The van der Waals surface area contributed by atoms with Crippen LogP contribution in [-0.2, 0) is 14.3 Å². The molecule has 0 aliphatic carbocycles. The molecule has 4 rings (SSSR count). The molecule has 0 saturated carbocycles. The summed E-state index contributed by atoms with van der Waals surface area (Å²) < 4.78 is 10.6. The van der Waals surface area contributed by atoms with E-state index in [0.29, 0.717) is 26.0 Å². The Bertz CT molecular complexity index is 1050. The topological polar surface area (TPSA) is 71.4 Å². The molecule has 2 aromatic carbocycles. The van der Waals surface area contributed by atoms with Crippen molar-refractivity contribution in [2.24, 2.45) is 5.10 Å². The van der Waals surface area contributed by atoms with E-state index in [1.807, 2.05) is 48.2 Å². The van der Waals surface area contributed by atoms with Crippen LogP contribution in [0, 0.1) is 6.92 Å². The maximum atomic E-state index is 13.6. The maximum absolute atomic E-state index is 13.6. The van der Waals surface area contributed by atoms with Crippen LogP contribution in [0.3, 0.4) is 0 Å². The first kappa shape index (κ1) is 24.0. The Labute approximate surface area is 201 Å². The Kier molecular flexibility index (Phi) is 7.63. The van der Waals surface area contributed by atoms with Crippen molar-refractivity contribution in [1.29, 1.82) is 0 Å². The number of benzene rings is 2. The standard InChI is InChI=1S/C27H33N3O4/c1-4-34-27(32)24-11-7-8-16-29(24)18-26(31)30-25(22-10-6-5-9-19(22)2)17-23(28-30)20-12-14-21(33-3)15-13-20/h5-6,9-10,12-15,24-25H,4,7-8,11,16-18H2,1-3H3/t24-,25+/m0/s1. The quantitative estimate of drug-likeness (QED) is 0.578. The van der Waals surface area contributed by atoms with Crippen molar-refractivity contribution >= 4 is 17.6 Å².